The van der Waals surface area contributed by atoms with Crippen LogP contribution in [0.4, 0.5) is 0 Å². The normalized spacial score (nSPS) is 11.5. The van der Waals surface area contributed by atoms with Gasteiger partial charge < -0.3 is 9.40 Å². The summed E-state index contributed by atoms with van der Waals surface area (Å²) in [5.74, 6) is 0.712. The molecular weight excluding hydrogens is 164 g/mol. The van der Waals surface area contributed by atoms with Gasteiger partial charge in [0.1, 0.15) is 5.52 Å². The molecule has 13 heavy (non-hydrogen) atoms. The topological polar surface area (TPSA) is 41.8 Å². The van der Waals surface area contributed by atoms with Gasteiger partial charge in [-0.2, -0.15) is 0 Å². The zero-order valence-electron chi connectivity index (χ0n) is 7.16. The highest BCUT2D eigenvalue weighted by atomic mass is 16.3. The fourth-order valence-electron chi connectivity index (χ4n) is 1.63. The van der Waals surface area contributed by atoms with Crippen LogP contribution in [0.2, 0.25) is 0 Å². The lowest BCUT2D eigenvalue weighted by Gasteiger charge is -1.88. The molecule has 1 aromatic carbocycles. The molecule has 1 N–H and O–H groups in total. The molecule has 3 heteroatoms. The number of fused-ring (bicyclic) bond motifs is 3. The van der Waals surface area contributed by atoms with Crippen LogP contribution in [0.1, 0.15) is 5.89 Å². The lowest BCUT2D eigenvalue weighted by Crippen LogP contribution is -1.69. The number of H-pyrrole nitrogens is 1. The van der Waals surface area contributed by atoms with Gasteiger partial charge in [0.15, 0.2) is 11.5 Å². The minimum absolute atomic E-state index is 0.712. The van der Waals surface area contributed by atoms with E-state index in [9.17, 15) is 0 Å². The molecule has 2 heterocycles. The van der Waals surface area contributed by atoms with Crippen LogP contribution in [-0.2, 0) is 0 Å². The van der Waals surface area contributed by atoms with Crippen LogP contribution >= 0.6 is 0 Å². The lowest BCUT2D eigenvalue weighted by molar-refractivity contribution is 0.563. The van der Waals surface area contributed by atoms with Crippen molar-refractivity contribution in [2.75, 3.05) is 0 Å². The maximum Gasteiger partial charge on any atom is 0.192 e. The number of hydrogen-bond acceptors (Lipinski definition) is 2. The van der Waals surface area contributed by atoms with Crippen molar-refractivity contribution in [3.8, 4) is 0 Å². The van der Waals surface area contributed by atoms with Gasteiger partial charge in [-0.15, -0.1) is 0 Å². The summed E-state index contributed by atoms with van der Waals surface area (Å²) in [6, 6.07) is 5.98. The molecule has 0 aliphatic carbocycles. The van der Waals surface area contributed by atoms with E-state index in [2.05, 4.69) is 9.97 Å². The van der Waals surface area contributed by atoms with E-state index in [1.54, 1.807) is 0 Å². The molecule has 3 nitrogen and oxygen atoms in total. The molecule has 0 amide bonds. The fraction of sp³-hybridized carbons (Fsp3) is 0.100. The number of aromatic nitrogens is 2. The Morgan fingerprint density at radius 2 is 2.23 bits per heavy atom. The highest BCUT2D eigenvalue weighted by Crippen LogP contribution is 2.24. The highest BCUT2D eigenvalue weighted by molar-refractivity contribution is 6.01. The minimum atomic E-state index is 0.712. The monoisotopic (exact) mass is 172 g/mol. The van der Waals surface area contributed by atoms with Gasteiger partial charge in [0.2, 0.25) is 0 Å². The van der Waals surface area contributed by atoms with Crippen LogP contribution < -0.4 is 0 Å². The summed E-state index contributed by atoms with van der Waals surface area (Å²) in [6.45, 7) is 1.86. The second-order valence-electron chi connectivity index (χ2n) is 3.09. The van der Waals surface area contributed by atoms with Gasteiger partial charge in [-0.3, -0.25) is 0 Å². The van der Waals surface area contributed by atoms with Crippen molar-refractivity contribution in [1.82, 2.24) is 9.97 Å². The first-order valence-electron chi connectivity index (χ1n) is 4.18. The molecule has 0 unspecified atom stereocenters. The van der Waals surface area contributed by atoms with Crippen molar-refractivity contribution in [3.63, 3.8) is 0 Å². The molecule has 3 rings (SSSR count). The number of nitrogens with zero attached hydrogens (tertiary/aromatic N) is 1. The third-order valence-electron chi connectivity index (χ3n) is 2.19. The number of hydrogen-bond donors (Lipinski definition) is 1. The molecule has 0 saturated heterocycles. The number of nitrogens with one attached hydrogen (secondary N) is 1. The molecule has 0 radical (unpaired) electrons. The first-order valence-corrected chi connectivity index (χ1v) is 4.18. The van der Waals surface area contributed by atoms with E-state index in [-0.39, 0.29) is 0 Å². The SMILES string of the molecule is Cc1nc2ccc3[nH]ccc3c2o1. The predicted octanol–water partition coefficient (Wildman–Crippen LogP) is 2.62. The molecule has 0 saturated carbocycles. The van der Waals surface area contributed by atoms with Crippen molar-refractivity contribution in [2.24, 2.45) is 0 Å². The van der Waals surface area contributed by atoms with Gasteiger partial charge in [0, 0.05) is 24.0 Å². The summed E-state index contributed by atoms with van der Waals surface area (Å²) in [4.78, 5) is 7.40. The Kier molecular flexibility index (Phi) is 1.10. The van der Waals surface area contributed by atoms with Gasteiger partial charge in [-0.1, -0.05) is 0 Å². The van der Waals surface area contributed by atoms with Crippen molar-refractivity contribution in [1.29, 1.82) is 0 Å². The Labute approximate surface area is 74.4 Å². The Balaban J connectivity index is 2.64. The summed E-state index contributed by atoms with van der Waals surface area (Å²) < 4.78 is 5.51. The van der Waals surface area contributed by atoms with Gasteiger partial charge >= 0.3 is 0 Å². The summed E-state index contributed by atoms with van der Waals surface area (Å²) in [5, 5.41) is 1.10. The second-order valence-corrected chi connectivity index (χ2v) is 3.09. The average molecular weight is 172 g/mol. The van der Waals surface area contributed by atoms with E-state index in [4.69, 9.17) is 4.42 Å². The van der Waals surface area contributed by atoms with Crippen molar-refractivity contribution >= 4 is 22.0 Å². The van der Waals surface area contributed by atoms with Crippen LogP contribution in [-0.4, -0.2) is 9.97 Å². The van der Waals surface area contributed by atoms with Crippen LogP contribution in [0, 0.1) is 6.92 Å². The lowest BCUT2D eigenvalue weighted by atomic mass is 10.2. The standard InChI is InChI=1S/C10H8N2O/c1-6-12-9-3-2-8-7(4-5-11-8)10(9)13-6/h2-5,11H,1H3. The number of aromatic amines is 1. The first-order chi connectivity index (χ1) is 6.34. The maximum absolute atomic E-state index is 5.51. The summed E-state index contributed by atoms with van der Waals surface area (Å²) in [7, 11) is 0. The number of benzene rings is 1. The zero-order chi connectivity index (χ0) is 8.84. The summed E-state index contributed by atoms with van der Waals surface area (Å²) in [5.41, 5.74) is 2.88. The quantitative estimate of drug-likeness (QED) is 0.566. The van der Waals surface area contributed by atoms with Crippen molar-refractivity contribution in [2.45, 2.75) is 6.92 Å². The van der Waals surface area contributed by atoms with Gasteiger partial charge in [-0.25, -0.2) is 4.98 Å². The smallest absolute Gasteiger partial charge is 0.192 e. The summed E-state index contributed by atoms with van der Waals surface area (Å²) >= 11 is 0. The molecular formula is C10H8N2O. The van der Waals surface area contributed by atoms with Crippen LogP contribution in [0.5, 0.6) is 0 Å². The molecule has 3 aromatic rings. The minimum Gasteiger partial charge on any atom is -0.440 e. The number of oxazole rings is 1. The van der Waals surface area contributed by atoms with E-state index in [1.807, 2.05) is 31.3 Å². The Morgan fingerprint density at radius 1 is 1.31 bits per heavy atom. The molecule has 2 aromatic heterocycles. The molecule has 64 valence electrons. The predicted molar refractivity (Wildman–Crippen MR) is 50.6 cm³/mol. The van der Waals surface area contributed by atoms with Crippen molar-refractivity contribution in [3.05, 3.63) is 30.3 Å². The van der Waals surface area contributed by atoms with Crippen molar-refractivity contribution < 1.29 is 4.42 Å². The molecule has 0 atom stereocenters. The van der Waals surface area contributed by atoms with E-state index < -0.39 is 0 Å². The maximum atomic E-state index is 5.51. The molecule has 0 spiro atoms. The average Bonchev–Trinajstić information content (AvgIpc) is 2.65. The molecule has 0 bridgehead atoms. The van der Waals surface area contributed by atoms with E-state index in [0.29, 0.717) is 5.89 Å². The molecule has 0 aliphatic heterocycles. The van der Waals surface area contributed by atoms with Crippen LogP contribution in [0.15, 0.2) is 28.8 Å². The third-order valence-corrected chi connectivity index (χ3v) is 2.19. The van der Waals surface area contributed by atoms with E-state index >= 15 is 0 Å². The van der Waals surface area contributed by atoms with Gasteiger partial charge in [0.25, 0.3) is 0 Å². The third kappa shape index (κ3) is 0.811. The van der Waals surface area contributed by atoms with Crippen LogP contribution in [0.3, 0.4) is 0 Å². The van der Waals surface area contributed by atoms with Gasteiger partial charge in [0.05, 0.1) is 0 Å². The second kappa shape index (κ2) is 2.13. The molecule has 0 fully saturated rings. The Bertz CT molecular complexity index is 577. The first kappa shape index (κ1) is 6.71. The van der Waals surface area contributed by atoms with E-state index in [0.717, 1.165) is 22.0 Å². The Morgan fingerprint density at radius 3 is 3.15 bits per heavy atom. The Hall–Kier alpha value is -1.77. The molecule has 0 aliphatic rings. The fourth-order valence-corrected chi connectivity index (χ4v) is 1.63. The zero-order valence-corrected chi connectivity index (χ0v) is 7.16. The van der Waals surface area contributed by atoms with Crippen LogP contribution in [0.25, 0.3) is 22.0 Å². The largest absolute Gasteiger partial charge is 0.440 e. The van der Waals surface area contributed by atoms with E-state index in [1.165, 1.54) is 0 Å². The van der Waals surface area contributed by atoms with Gasteiger partial charge in [-0.05, 0) is 18.2 Å². The number of rotatable bonds is 0. The highest BCUT2D eigenvalue weighted by Gasteiger charge is 2.06. The summed E-state index contributed by atoms with van der Waals surface area (Å²) in [6.07, 6.45) is 1.90. The number of aryl methyl sites for hydroxylation is 1.